The fraction of sp³-hybridized carbons (Fsp3) is 0.357. The lowest BCUT2D eigenvalue weighted by atomic mass is 10.1. The molecule has 0 spiro atoms. The number of benzene rings is 1. The molecule has 1 aromatic carbocycles. The molecule has 2 aromatic rings. The van der Waals surface area contributed by atoms with Gasteiger partial charge in [-0.2, -0.15) is 0 Å². The maximum Gasteiger partial charge on any atom is 0.170 e. The summed E-state index contributed by atoms with van der Waals surface area (Å²) in [6.45, 7) is 5.41. The quantitative estimate of drug-likeness (QED) is 0.820. The maximum atomic E-state index is 4.28. The fourth-order valence-corrected chi connectivity index (χ4v) is 3.35. The highest BCUT2D eigenvalue weighted by atomic mass is 79.9. The summed E-state index contributed by atoms with van der Waals surface area (Å²) in [5.41, 5.74) is 1.30. The Balaban J connectivity index is 2.22. The van der Waals surface area contributed by atoms with Gasteiger partial charge in [0.05, 0.1) is 0 Å². The Hall–Kier alpha value is -0.780. The van der Waals surface area contributed by atoms with Crippen molar-refractivity contribution < 1.29 is 0 Å². The molecule has 1 heterocycles. The van der Waals surface area contributed by atoms with Crippen LogP contribution in [0.1, 0.15) is 31.9 Å². The van der Waals surface area contributed by atoms with Crippen LogP contribution in [0.25, 0.3) is 0 Å². The first-order valence-corrected chi connectivity index (χ1v) is 8.01. The predicted octanol–water partition coefficient (Wildman–Crippen LogP) is 4.38. The van der Waals surface area contributed by atoms with Crippen molar-refractivity contribution in [3.05, 3.63) is 40.6 Å². The number of hydrogen-bond donors (Lipinski definition) is 2. The molecule has 0 aliphatic heterocycles. The Kier molecular flexibility index (Phi) is 5.48. The molecule has 0 bridgehead atoms. The minimum Gasteiger partial charge on any atom is -0.339 e. The Morgan fingerprint density at radius 2 is 2.32 bits per heavy atom. The first-order chi connectivity index (χ1) is 9.20. The minimum absolute atomic E-state index is 0.338. The lowest BCUT2D eigenvalue weighted by molar-refractivity contribution is 0.563. The second kappa shape index (κ2) is 7.12. The van der Waals surface area contributed by atoms with Crippen LogP contribution in [-0.2, 0) is 0 Å². The van der Waals surface area contributed by atoms with Crippen LogP contribution < -0.4 is 5.32 Å². The van der Waals surface area contributed by atoms with Crippen LogP contribution >= 0.6 is 27.7 Å². The van der Waals surface area contributed by atoms with Gasteiger partial charge in [-0.15, -0.1) is 0 Å². The summed E-state index contributed by atoms with van der Waals surface area (Å²) in [5, 5.41) is 4.45. The molecule has 5 heteroatoms. The van der Waals surface area contributed by atoms with E-state index in [4.69, 9.17) is 0 Å². The van der Waals surface area contributed by atoms with Gasteiger partial charge in [-0.3, -0.25) is 0 Å². The molecule has 0 amide bonds. The molecule has 0 saturated heterocycles. The van der Waals surface area contributed by atoms with E-state index in [1.165, 1.54) is 10.5 Å². The number of nitrogens with one attached hydrogen (secondary N) is 2. The van der Waals surface area contributed by atoms with Gasteiger partial charge in [0.25, 0.3) is 0 Å². The monoisotopic (exact) mass is 339 g/mol. The number of aromatic amines is 1. The van der Waals surface area contributed by atoms with Gasteiger partial charge in [0.1, 0.15) is 0 Å². The average molecular weight is 340 g/mol. The van der Waals surface area contributed by atoms with Gasteiger partial charge < -0.3 is 10.3 Å². The molecule has 1 unspecified atom stereocenters. The molecule has 19 heavy (non-hydrogen) atoms. The largest absolute Gasteiger partial charge is 0.339 e. The number of nitrogens with zero attached hydrogens (tertiary/aromatic N) is 1. The standard InChI is InChI=1S/C14H18BrN3S/c1-3-6-16-10(2)12-5-4-11(15)9-13(12)19-14-17-7-8-18-14/h4-5,7-10,16H,3,6H2,1-2H3,(H,17,18). The van der Waals surface area contributed by atoms with E-state index in [-0.39, 0.29) is 0 Å². The molecular weight excluding hydrogens is 322 g/mol. The Morgan fingerprint density at radius 3 is 3.00 bits per heavy atom. The van der Waals surface area contributed by atoms with Crippen molar-refractivity contribution >= 4 is 27.7 Å². The van der Waals surface area contributed by atoms with Crippen molar-refractivity contribution in [3.63, 3.8) is 0 Å². The van der Waals surface area contributed by atoms with Crippen LogP contribution in [0.2, 0.25) is 0 Å². The highest BCUT2D eigenvalue weighted by Crippen LogP contribution is 2.33. The lowest BCUT2D eigenvalue weighted by Gasteiger charge is -2.17. The summed E-state index contributed by atoms with van der Waals surface area (Å²) in [6, 6.07) is 6.74. The topological polar surface area (TPSA) is 40.7 Å². The summed E-state index contributed by atoms with van der Waals surface area (Å²) >= 11 is 5.20. The van der Waals surface area contributed by atoms with Crippen molar-refractivity contribution in [1.82, 2.24) is 15.3 Å². The number of imidazole rings is 1. The van der Waals surface area contributed by atoms with Crippen molar-refractivity contribution in [3.8, 4) is 0 Å². The minimum atomic E-state index is 0.338. The van der Waals surface area contributed by atoms with Gasteiger partial charge in [-0.1, -0.05) is 40.7 Å². The van der Waals surface area contributed by atoms with Gasteiger partial charge in [-0.25, -0.2) is 4.98 Å². The van der Waals surface area contributed by atoms with Gasteiger partial charge in [0.2, 0.25) is 0 Å². The molecule has 0 saturated carbocycles. The summed E-state index contributed by atoms with van der Waals surface area (Å²) in [6.07, 6.45) is 4.76. The molecule has 0 fully saturated rings. The highest BCUT2D eigenvalue weighted by molar-refractivity contribution is 9.10. The first-order valence-electron chi connectivity index (χ1n) is 6.40. The average Bonchev–Trinajstić information content (AvgIpc) is 2.89. The second-order valence-electron chi connectivity index (χ2n) is 4.35. The summed E-state index contributed by atoms with van der Waals surface area (Å²) in [7, 11) is 0. The van der Waals surface area contributed by atoms with E-state index >= 15 is 0 Å². The molecule has 1 atom stereocenters. The third-order valence-electron chi connectivity index (χ3n) is 2.82. The van der Waals surface area contributed by atoms with E-state index in [1.807, 2.05) is 6.20 Å². The van der Waals surface area contributed by atoms with Crippen molar-refractivity contribution in [2.75, 3.05) is 6.54 Å². The smallest absolute Gasteiger partial charge is 0.170 e. The van der Waals surface area contributed by atoms with E-state index < -0.39 is 0 Å². The number of rotatable bonds is 6. The number of halogens is 1. The molecule has 102 valence electrons. The van der Waals surface area contributed by atoms with Crippen molar-refractivity contribution in [1.29, 1.82) is 0 Å². The summed E-state index contributed by atoms with van der Waals surface area (Å²) < 4.78 is 1.09. The summed E-state index contributed by atoms with van der Waals surface area (Å²) in [4.78, 5) is 8.63. The number of aromatic nitrogens is 2. The third-order valence-corrected chi connectivity index (χ3v) is 4.31. The van der Waals surface area contributed by atoms with E-state index in [0.29, 0.717) is 6.04 Å². The van der Waals surface area contributed by atoms with Gasteiger partial charge >= 0.3 is 0 Å². The molecule has 0 aliphatic rings. The number of hydrogen-bond acceptors (Lipinski definition) is 3. The zero-order valence-corrected chi connectivity index (χ0v) is 13.5. The van der Waals surface area contributed by atoms with E-state index in [1.54, 1.807) is 18.0 Å². The van der Waals surface area contributed by atoms with Gasteiger partial charge in [-0.05, 0) is 37.6 Å². The normalized spacial score (nSPS) is 12.6. The maximum absolute atomic E-state index is 4.28. The van der Waals surface area contributed by atoms with Gasteiger partial charge in [0, 0.05) is 27.8 Å². The first kappa shape index (κ1) is 14.6. The number of H-pyrrole nitrogens is 1. The fourth-order valence-electron chi connectivity index (χ4n) is 1.84. The van der Waals surface area contributed by atoms with Crippen molar-refractivity contribution in [2.24, 2.45) is 0 Å². The van der Waals surface area contributed by atoms with E-state index in [2.05, 4.69) is 63.3 Å². The second-order valence-corrected chi connectivity index (χ2v) is 6.30. The molecular formula is C14H18BrN3S. The van der Waals surface area contributed by atoms with Crippen LogP contribution in [0.3, 0.4) is 0 Å². The van der Waals surface area contributed by atoms with Crippen LogP contribution in [0.15, 0.2) is 45.1 Å². The summed E-state index contributed by atoms with van der Waals surface area (Å²) in [5.74, 6) is 0. The molecule has 0 aliphatic carbocycles. The van der Waals surface area contributed by atoms with Gasteiger partial charge in [0.15, 0.2) is 5.16 Å². The third kappa shape index (κ3) is 4.09. The Labute approximate surface area is 126 Å². The molecule has 0 radical (unpaired) electrons. The van der Waals surface area contributed by atoms with Crippen molar-refractivity contribution in [2.45, 2.75) is 36.4 Å². The Bertz CT molecular complexity index is 513. The zero-order valence-electron chi connectivity index (χ0n) is 11.1. The SMILES string of the molecule is CCCNC(C)c1ccc(Br)cc1Sc1ncc[nH]1. The molecule has 2 rings (SSSR count). The van der Waals surface area contributed by atoms with Crippen LogP contribution in [0.4, 0.5) is 0 Å². The molecule has 2 N–H and O–H groups in total. The zero-order chi connectivity index (χ0) is 13.7. The van der Waals surface area contributed by atoms with E-state index in [9.17, 15) is 0 Å². The highest BCUT2D eigenvalue weighted by Gasteiger charge is 2.12. The van der Waals surface area contributed by atoms with Crippen LogP contribution in [0, 0.1) is 0 Å². The van der Waals surface area contributed by atoms with E-state index in [0.717, 1.165) is 22.6 Å². The molecule has 1 aromatic heterocycles. The predicted molar refractivity (Wildman–Crippen MR) is 83.6 cm³/mol. The van der Waals surface area contributed by atoms with Crippen LogP contribution in [0.5, 0.6) is 0 Å². The lowest BCUT2D eigenvalue weighted by Crippen LogP contribution is -2.19. The Morgan fingerprint density at radius 1 is 1.47 bits per heavy atom. The van der Waals surface area contributed by atoms with Crippen LogP contribution in [-0.4, -0.2) is 16.5 Å². The molecule has 3 nitrogen and oxygen atoms in total.